The molecule has 3 aromatic rings. The molecule has 0 fully saturated rings. The number of ether oxygens (including phenoxy) is 1. The van der Waals surface area contributed by atoms with Gasteiger partial charge in [0.05, 0.1) is 28.8 Å². The van der Waals surface area contributed by atoms with E-state index in [4.69, 9.17) is 4.74 Å². The molecule has 198 valence electrons. The van der Waals surface area contributed by atoms with Crippen molar-refractivity contribution >= 4 is 33.4 Å². The number of hydrogen-bond acceptors (Lipinski definition) is 6. The van der Waals surface area contributed by atoms with E-state index in [2.05, 4.69) is 5.32 Å². The third-order valence-electron chi connectivity index (χ3n) is 6.48. The molecule has 0 aromatic heterocycles. The van der Waals surface area contributed by atoms with Gasteiger partial charge in [-0.15, -0.1) is 0 Å². The zero-order chi connectivity index (χ0) is 27.4. The van der Waals surface area contributed by atoms with Gasteiger partial charge in [0.25, 0.3) is 11.8 Å². The molecule has 10 heteroatoms. The summed E-state index contributed by atoms with van der Waals surface area (Å²) in [5, 5.41) is 2.72. The lowest BCUT2D eigenvalue weighted by Crippen LogP contribution is -2.48. The first-order valence-corrected chi connectivity index (χ1v) is 13.7. The first kappa shape index (κ1) is 27.0. The van der Waals surface area contributed by atoms with Crippen LogP contribution in [0.5, 0.6) is 5.75 Å². The van der Waals surface area contributed by atoms with Gasteiger partial charge in [-0.1, -0.05) is 56.3 Å². The number of fused-ring (bicyclic) bond motifs is 1. The van der Waals surface area contributed by atoms with Crippen molar-refractivity contribution in [2.24, 2.45) is 0 Å². The molecule has 0 bridgehead atoms. The van der Waals surface area contributed by atoms with Gasteiger partial charge in [0.1, 0.15) is 11.8 Å². The number of carbonyl (C=O) groups excluding carboxylic acids is 3. The van der Waals surface area contributed by atoms with Gasteiger partial charge in [0.15, 0.2) is 0 Å². The summed E-state index contributed by atoms with van der Waals surface area (Å²) in [7, 11) is -2.42. The van der Waals surface area contributed by atoms with Crippen molar-refractivity contribution in [3.05, 3.63) is 89.5 Å². The molecule has 0 saturated heterocycles. The molecule has 1 N–H and O–H groups in total. The van der Waals surface area contributed by atoms with E-state index in [1.165, 1.54) is 29.6 Å². The number of amides is 3. The minimum atomic E-state index is -3.81. The fraction of sp³-hybridized carbons (Fsp3) is 0.250. The Morgan fingerprint density at radius 3 is 2.05 bits per heavy atom. The van der Waals surface area contributed by atoms with E-state index >= 15 is 0 Å². The second-order valence-corrected chi connectivity index (χ2v) is 10.6. The second kappa shape index (κ2) is 11.2. The van der Waals surface area contributed by atoms with Crippen LogP contribution in [0.25, 0.3) is 0 Å². The Bertz CT molecular complexity index is 1430. The van der Waals surface area contributed by atoms with E-state index in [0.29, 0.717) is 0 Å². The summed E-state index contributed by atoms with van der Waals surface area (Å²) in [4.78, 5) is 41.2. The summed E-state index contributed by atoms with van der Waals surface area (Å²) in [5.41, 5.74) is 1.32. The minimum Gasteiger partial charge on any atom is -0.495 e. The Kier molecular flexibility index (Phi) is 7.94. The standard InChI is InChI=1S/C28H29N3O6S/c1-4-30(5-2)38(35,36)20-15-16-25(37-3)23(18-20)29-26(32)24(17-19-11-7-6-8-12-19)31-27(33)21-13-9-10-14-22(21)28(31)34/h6-16,18,24H,4-5,17H2,1-3H3,(H,29,32)/t24-/m0/s1. The van der Waals surface area contributed by atoms with Crippen LogP contribution in [0.15, 0.2) is 77.7 Å². The molecule has 0 spiro atoms. The molecule has 4 rings (SSSR count). The molecular formula is C28H29N3O6S. The number of hydrogen-bond donors (Lipinski definition) is 1. The van der Waals surface area contributed by atoms with Crippen molar-refractivity contribution in [3.8, 4) is 5.75 Å². The minimum absolute atomic E-state index is 0.0161. The lowest BCUT2D eigenvalue weighted by atomic mass is 10.0. The summed E-state index contributed by atoms with van der Waals surface area (Å²) < 4.78 is 32.9. The van der Waals surface area contributed by atoms with Gasteiger partial charge in [0, 0.05) is 19.5 Å². The highest BCUT2D eigenvalue weighted by Crippen LogP contribution is 2.31. The van der Waals surface area contributed by atoms with Crippen LogP contribution in [0.3, 0.4) is 0 Å². The maximum atomic E-state index is 13.7. The zero-order valence-corrected chi connectivity index (χ0v) is 22.2. The first-order chi connectivity index (χ1) is 18.2. The van der Waals surface area contributed by atoms with Gasteiger partial charge in [-0.25, -0.2) is 8.42 Å². The third kappa shape index (κ3) is 5.05. The molecule has 0 saturated carbocycles. The second-order valence-electron chi connectivity index (χ2n) is 8.67. The number of methoxy groups -OCH3 is 1. The SMILES string of the molecule is CCN(CC)S(=O)(=O)c1ccc(OC)c(NC(=O)[C@H](Cc2ccccc2)N2C(=O)c3ccccc3C2=O)c1. The average Bonchev–Trinajstić information content (AvgIpc) is 3.18. The van der Waals surface area contributed by atoms with Gasteiger partial charge in [-0.05, 0) is 35.9 Å². The summed E-state index contributed by atoms with van der Waals surface area (Å²) in [5.74, 6) is -1.55. The van der Waals surface area contributed by atoms with Gasteiger partial charge < -0.3 is 10.1 Å². The maximum Gasteiger partial charge on any atom is 0.262 e. The number of benzene rings is 3. The fourth-order valence-corrected chi connectivity index (χ4v) is 5.99. The van der Waals surface area contributed by atoms with Crippen LogP contribution in [-0.4, -0.2) is 61.6 Å². The lowest BCUT2D eigenvalue weighted by Gasteiger charge is -2.26. The van der Waals surface area contributed by atoms with Gasteiger partial charge in [0.2, 0.25) is 15.9 Å². The molecule has 3 amide bonds. The van der Waals surface area contributed by atoms with Crippen molar-refractivity contribution in [2.75, 3.05) is 25.5 Å². The van der Waals surface area contributed by atoms with E-state index in [1.54, 1.807) is 62.4 Å². The van der Waals surface area contributed by atoms with Crippen LogP contribution in [-0.2, 0) is 21.2 Å². The molecule has 0 unspecified atom stereocenters. The number of carbonyl (C=O) groups is 3. The highest BCUT2D eigenvalue weighted by Gasteiger charge is 2.43. The van der Waals surface area contributed by atoms with E-state index in [1.807, 2.05) is 6.07 Å². The summed E-state index contributed by atoms with van der Waals surface area (Å²) in [6.45, 7) is 4.05. The summed E-state index contributed by atoms with van der Waals surface area (Å²) in [6, 6.07) is 18.5. The fourth-order valence-electron chi connectivity index (χ4n) is 4.50. The number of anilines is 1. The molecule has 1 aliphatic heterocycles. The molecular weight excluding hydrogens is 506 g/mol. The highest BCUT2D eigenvalue weighted by atomic mass is 32.2. The Balaban J connectivity index is 1.72. The monoisotopic (exact) mass is 535 g/mol. The molecule has 1 heterocycles. The Hall–Kier alpha value is -4.02. The molecule has 1 atom stereocenters. The lowest BCUT2D eigenvalue weighted by molar-refractivity contribution is -0.119. The van der Waals surface area contributed by atoms with Crippen molar-refractivity contribution in [2.45, 2.75) is 31.2 Å². The first-order valence-electron chi connectivity index (χ1n) is 12.2. The van der Waals surface area contributed by atoms with E-state index in [-0.39, 0.29) is 47.0 Å². The smallest absolute Gasteiger partial charge is 0.262 e. The third-order valence-corrected chi connectivity index (χ3v) is 8.53. The molecule has 1 aliphatic rings. The van der Waals surface area contributed by atoms with E-state index < -0.39 is 33.8 Å². The quantitative estimate of drug-likeness (QED) is 0.397. The van der Waals surface area contributed by atoms with Crippen molar-refractivity contribution in [1.29, 1.82) is 0 Å². The number of nitrogens with zero attached hydrogens (tertiary/aromatic N) is 2. The number of imide groups is 1. The highest BCUT2D eigenvalue weighted by molar-refractivity contribution is 7.89. The predicted octanol–water partition coefficient (Wildman–Crippen LogP) is 3.57. The molecule has 38 heavy (non-hydrogen) atoms. The van der Waals surface area contributed by atoms with Gasteiger partial charge in [-0.2, -0.15) is 4.31 Å². The topological polar surface area (TPSA) is 113 Å². The number of nitrogens with one attached hydrogen (secondary N) is 1. The largest absolute Gasteiger partial charge is 0.495 e. The molecule has 9 nitrogen and oxygen atoms in total. The Morgan fingerprint density at radius 1 is 0.921 bits per heavy atom. The number of rotatable bonds is 10. The van der Waals surface area contributed by atoms with Crippen LogP contribution in [0, 0.1) is 0 Å². The van der Waals surface area contributed by atoms with E-state index in [0.717, 1.165) is 10.5 Å². The normalized spacial score (nSPS) is 13.9. The zero-order valence-electron chi connectivity index (χ0n) is 21.4. The maximum absolute atomic E-state index is 13.7. The molecule has 3 aromatic carbocycles. The summed E-state index contributed by atoms with van der Waals surface area (Å²) >= 11 is 0. The number of sulfonamides is 1. The van der Waals surface area contributed by atoms with Crippen LogP contribution in [0.1, 0.15) is 40.1 Å². The van der Waals surface area contributed by atoms with Crippen molar-refractivity contribution in [3.63, 3.8) is 0 Å². The van der Waals surface area contributed by atoms with E-state index in [9.17, 15) is 22.8 Å². The van der Waals surface area contributed by atoms with Crippen LogP contribution < -0.4 is 10.1 Å². The predicted molar refractivity (Wildman–Crippen MR) is 143 cm³/mol. The molecule has 0 aliphatic carbocycles. The van der Waals surface area contributed by atoms with Crippen molar-refractivity contribution in [1.82, 2.24) is 9.21 Å². The Labute approximate surface area is 222 Å². The van der Waals surface area contributed by atoms with Crippen LogP contribution in [0.4, 0.5) is 5.69 Å². The Morgan fingerprint density at radius 2 is 1.50 bits per heavy atom. The van der Waals surface area contributed by atoms with Crippen LogP contribution >= 0.6 is 0 Å². The molecule has 0 radical (unpaired) electrons. The van der Waals surface area contributed by atoms with Gasteiger partial charge >= 0.3 is 0 Å². The van der Waals surface area contributed by atoms with Crippen LogP contribution in [0.2, 0.25) is 0 Å². The average molecular weight is 536 g/mol. The van der Waals surface area contributed by atoms with Crippen molar-refractivity contribution < 1.29 is 27.5 Å². The van der Waals surface area contributed by atoms with Gasteiger partial charge in [-0.3, -0.25) is 19.3 Å². The summed E-state index contributed by atoms with van der Waals surface area (Å²) in [6.07, 6.45) is 0.0674.